The molecule has 0 aliphatic rings. The highest BCUT2D eigenvalue weighted by atomic mass is 32.2. The number of hydrogen-bond acceptors (Lipinski definition) is 2. The zero-order valence-corrected chi connectivity index (χ0v) is 12.2. The minimum absolute atomic E-state index is 0.409. The lowest BCUT2D eigenvalue weighted by molar-refractivity contribution is 0.601. The van der Waals surface area contributed by atoms with Crippen molar-refractivity contribution in [1.82, 2.24) is 5.32 Å². The Morgan fingerprint density at radius 1 is 1.33 bits per heavy atom. The number of hydrogen-bond donors (Lipinski definition) is 1. The quantitative estimate of drug-likeness (QED) is 0.566. The first-order valence-corrected chi connectivity index (χ1v) is 7.76. The first-order valence-electron chi connectivity index (χ1n) is 6.61. The van der Waals surface area contributed by atoms with Crippen molar-refractivity contribution in [2.75, 3.05) is 18.1 Å². The summed E-state index contributed by atoms with van der Waals surface area (Å²) in [6, 6.07) is 9.36. The molecule has 1 unspecified atom stereocenters. The number of rotatable bonds is 8. The molecule has 0 spiro atoms. The lowest BCUT2D eigenvalue weighted by atomic mass is 10.0. The molecule has 0 aromatic heterocycles. The molecule has 1 atom stereocenters. The van der Waals surface area contributed by atoms with Crippen LogP contribution in [0.4, 0.5) is 0 Å². The summed E-state index contributed by atoms with van der Waals surface area (Å²) in [6.45, 7) is 5.43. The van der Waals surface area contributed by atoms with Crippen LogP contribution < -0.4 is 5.32 Å². The Morgan fingerprint density at radius 3 is 2.67 bits per heavy atom. The number of thioether (sulfide) groups is 1. The number of benzene rings is 1. The van der Waals surface area contributed by atoms with Gasteiger partial charge in [0.2, 0.25) is 0 Å². The van der Waals surface area contributed by atoms with Crippen LogP contribution in [0.3, 0.4) is 0 Å². The molecule has 0 aliphatic heterocycles. The molecule has 0 saturated heterocycles. The van der Waals surface area contributed by atoms with Crippen LogP contribution in [0.2, 0.25) is 0 Å². The summed E-state index contributed by atoms with van der Waals surface area (Å²) >= 11 is 1.80. The maximum atomic E-state index is 5.21. The third-order valence-corrected chi connectivity index (χ3v) is 3.76. The van der Waals surface area contributed by atoms with Crippen molar-refractivity contribution >= 4 is 11.8 Å². The molecular weight excluding hydrogens is 238 g/mol. The van der Waals surface area contributed by atoms with Crippen molar-refractivity contribution in [2.24, 2.45) is 0 Å². The van der Waals surface area contributed by atoms with Gasteiger partial charge >= 0.3 is 0 Å². The fraction of sp³-hybridized carbons (Fsp3) is 0.500. The smallest absolute Gasteiger partial charge is 0.0545 e. The van der Waals surface area contributed by atoms with E-state index >= 15 is 0 Å². The molecule has 0 amide bonds. The number of aryl methyl sites for hydroxylation is 1. The third-order valence-electron chi connectivity index (χ3n) is 2.90. The summed E-state index contributed by atoms with van der Waals surface area (Å²) in [4.78, 5) is 0. The largest absolute Gasteiger partial charge is 0.309 e. The van der Waals surface area contributed by atoms with Gasteiger partial charge in [-0.3, -0.25) is 0 Å². The molecule has 1 aromatic carbocycles. The minimum atomic E-state index is 0.409. The Morgan fingerprint density at radius 2 is 2.06 bits per heavy atom. The van der Waals surface area contributed by atoms with Crippen LogP contribution >= 0.6 is 11.8 Å². The van der Waals surface area contributed by atoms with Gasteiger partial charge in [0, 0.05) is 18.3 Å². The lowest BCUT2D eigenvalue weighted by Crippen LogP contribution is -2.21. The van der Waals surface area contributed by atoms with Gasteiger partial charge in [0.1, 0.15) is 0 Å². The fourth-order valence-corrected chi connectivity index (χ4v) is 2.38. The van der Waals surface area contributed by atoms with E-state index in [1.165, 1.54) is 24.0 Å². The molecule has 2 heteroatoms. The van der Waals surface area contributed by atoms with Gasteiger partial charge in [-0.25, -0.2) is 0 Å². The van der Waals surface area contributed by atoms with E-state index in [1.807, 2.05) is 0 Å². The molecule has 0 fully saturated rings. The highest BCUT2D eigenvalue weighted by molar-refractivity contribution is 7.99. The standard InChI is InChI=1S/C16H23NS/c1-4-6-15-7-9-16(10-8-15)14(3)17-11-13-18-12-5-2/h2,7-10,14,17H,4,6,11-13H2,1,3H3. The third kappa shape index (κ3) is 5.62. The van der Waals surface area contributed by atoms with Crippen LogP contribution in [-0.4, -0.2) is 18.1 Å². The summed E-state index contributed by atoms with van der Waals surface area (Å²) in [5, 5.41) is 3.52. The van der Waals surface area contributed by atoms with E-state index in [4.69, 9.17) is 6.42 Å². The second kappa shape index (κ2) is 9.08. The van der Waals surface area contributed by atoms with Crippen molar-refractivity contribution < 1.29 is 0 Å². The predicted octanol–water partition coefficient (Wildman–Crippen LogP) is 3.66. The average Bonchev–Trinajstić information content (AvgIpc) is 2.39. The monoisotopic (exact) mass is 261 g/mol. The van der Waals surface area contributed by atoms with E-state index in [-0.39, 0.29) is 0 Å². The second-order valence-corrected chi connectivity index (χ2v) is 5.53. The molecule has 1 nitrogen and oxygen atoms in total. The van der Waals surface area contributed by atoms with E-state index < -0.39 is 0 Å². The summed E-state index contributed by atoms with van der Waals surface area (Å²) in [7, 11) is 0. The topological polar surface area (TPSA) is 12.0 Å². The number of terminal acetylenes is 1. The van der Waals surface area contributed by atoms with Crippen LogP contribution in [0.15, 0.2) is 24.3 Å². The first kappa shape index (κ1) is 15.1. The molecule has 0 aliphatic carbocycles. The Kier molecular flexibility index (Phi) is 7.64. The van der Waals surface area contributed by atoms with Gasteiger partial charge in [0.05, 0.1) is 5.75 Å². The Labute approximate surface area is 116 Å². The average molecular weight is 261 g/mol. The lowest BCUT2D eigenvalue weighted by Gasteiger charge is -2.14. The van der Waals surface area contributed by atoms with Gasteiger partial charge in [-0.15, -0.1) is 18.2 Å². The van der Waals surface area contributed by atoms with Crippen LogP contribution in [0.25, 0.3) is 0 Å². The molecule has 0 radical (unpaired) electrons. The summed E-state index contributed by atoms with van der Waals surface area (Å²) < 4.78 is 0. The van der Waals surface area contributed by atoms with Crippen LogP contribution in [-0.2, 0) is 6.42 Å². The molecule has 98 valence electrons. The normalized spacial score (nSPS) is 12.1. The summed E-state index contributed by atoms with van der Waals surface area (Å²) in [5.41, 5.74) is 2.79. The Bertz CT molecular complexity index is 364. The van der Waals surface area contributed by atoms with Crippen molar-refractivity contribution in [2.45, 2.75) is 32.7 Å². The Balaban J connectivity index is 2.32. The van der Waals surface area contributed by atoms with Gasteiger partial charge in [0.15, 0.2) is 0 Å². The molecule has 0 heterocycles. The van der Waals surface area contributed by atoms with Crippen LogP contribution in [0.5, 0.6) is 0 Å². The molecule has 0 bridgehead atoms. The molecule has 0 saturated carbocycles. The van der Waals surface area contributed by atoms with E-state index in [1.54, 1.807) is 11.8 Å². The fourth-order valence-electron chi connectivity index (χ4n) is 1.86. The first-order chi connectivity index (χ1) is 8.77. The summed E-state index contributed by atoms with van der Waals surface area (Å²) in [6.07, 6.45) is 7.59. The molecule has 1 rings (SSSR count). The van der Waals surface area contributed by atoms with Crippen molar-refractivity contribution in [3.8, 4) is 12.3 Å². The van der Waals surface area contributed by atoms with E-state index in [2.05, 4.69) is 49.4 Å². The highest BCUT2D eigenvalue weighted by Crippen LogP contribution is 2.14. The maximum absolute atomic E-state index is 5.21. The van der Waals surface area contributed by atoms with Gasteiger partial charge in [-0.2, -0.15) is 0 Å². The minimum Gasteiger partial charge on any atom is -0.309 e. The van der Waals surface area contributed by atoms with Crippen LogP contribution in [0, 0.1) is 12.3 Å². The predicted molar refractivity (Wildman–Crippen MR) is 83.0 cm³/mol. The van der Waals surface area contributed by atoms with E-state index in [9.17, 15) is 0 Å². The molecule has 1 N–H and O–H groups in total. The SMILES string of the molecule is C#CCSCCNC(C)c1ccc(CCC)cc1. The molecule has 18 heavy (non-hydrogen) atoms. The van der Waals surface area contributed by atoms with Gasteiger partial charge in [-0.05, 0) is 24.5 Å². The molecular formula is C16H23NS. The zero-order chi connectivity index (χ0) is 13.2. The van der Waals surface area contributed by atoms with Crippen molar-refractivity contribution in [3.05, 3.63) is 35.4 Å². The highest BCUT2D eigenvalue weighted by Gasteiger charge is 2.03. The summed E-state index contributed by atoms with van der Waals surface area (Å²) in [5.74, 6) is 4.52. The maximum Gasteiger partial charge on any atom is 0.0545 e. The zero-order valence-electron chi connectivity index (χ0n) is 11.4. The van der Waals surface area contributed by atoms with Gasteiger partial charge in [-0.1, -0.05) is 43.5 Å². The van der Waals surface area contributed by atoms with Crippen LogP contribution in [0.1, 0.15) is 37.4 Å². The van der Waals surface area contributed by atoms with Crippen molar-refractivity contribution in [1.29, 1.82) is 0 Å². The van der Waals surface area contributed by atoms with E-state index in [0.717, 1.165) is 18.1 Å². The van der Waals surface area contributed by atoms with Gasteiger partial charge in [0.25, 0.3) is 0 Å². The number of nitrogens with one attached hydrogen (secondary N) is 1. The van der Waals surface area contributed by atoms with E-state index in [0.29, 0.717) is 6.04 Å². The Hall–Kier alpha value is -0.910. The second-order valence-electron chi connectivity index (χ2n) is 4.42. The van der Waals surface area contributed by atoms with Crippen molar-refractivity contribution in [3.63, 3.8) is 0 Å². The van der Waals surface area contributed by atoms with Gasteiger partial charge < -0.3 is 5.32 Å². The molecule has 1 aromatic rings.